The number of hydrogen-bond acceptors (Lipinski definition) is 0. The molecule has 0 rings (SSSR count). The molecule has 77 valence electrons. The summed E-state index contributed by atoms with van der Waals surface area (Å²) in [5.74, 6) is 0. The molecule has 0 N–H and O–H groups in total. The van der Waals surface area contributed by atoms with Crippen molar-refractivity contribution in [2.24, 2.45) is 0 Å². The molecule has 0 saturated carbocycles. The van der Waals surface area contributed by atoms with E-state index < -0.39 is 0 Å². The van der Waals surface area contributed by atoms with E-state index in [1.807, 2.05) is 6.08 Å². The van der Waals surface area contributed by atoms with Crippen molar-refractivity contribution < 1.29 is 1.43 Å². The summed E-state index contributed by atoms with van der Waals surface area (Å²) < 4.78 is 0. The minimum atomic E-state index is 0. The van der Waals surface area contributed by atoms with Gasteiger partial charge < -0.3 is 0 Å². The molecule has 0 aliphatic carbocycles. The fraction of sp³-hybridized carbons (Fsp3) is 0.818. The Morgan fingerprint density at radius 2 is 1.62 bits per heavy atom. The molecule has 0 aliphatic rings. The first-order chi connectivity index (χ1) is 6.33. The Morgan fingerprint density at radius 1 is 1.23 bits per heavy atom. The molecule has 0 nitrogen and oxygen atoms in total. The molecule has 0 fully saturated rings. The van der Waals surface area contributed by atoms with Gasteiger partial charge in [0.05, 0.1) is 0 Å². The molecule has 0 saturated heterocycles. The van der Waals surface area contributed by atoms with Crippen molar-refractivity contribution in [2.75, 3.05) is 0 Å². The predicted octanol–water partition coefficient (Wildman–Crippen LogP) is 3.60. The van der Waals surface area contributed by atoms with Gasteiger partial charge >= 0.3 is 0 Å². The van der Waals surface area contributed by atoms with Crippen LogP contribution in [-0.4, -0.2) is 31.5 Å². The summed E-state index contributed by atoms with van der Waals surface area (Å²) in [5, 5.41) is 4.30. The quantitative estimate of drug-likeness (QED) is 0.344. The van der Waals surface area contributed by atoms with E-state index >= 15 is 0 Å². The summed E-state index contributed by atoms with van der Waals surface area (Å²) in [4.78, 5) is 0. The zero-order valence-electron chi connectivity index (χ0n) is 9.81. The monoisotopic (exact) mass is 213 g/mol. The van der Waals surface area contributed by atoms with Gasteiger partial charge in [-0.25, -0.2) is 0 Å². The van der Waals surface area contributed by atoms with Crippen LogP contribution in [0.25, 0.3) is 0 Å². The van der Waals surface area contributed by atoms with Crippen LogP contribution in [0.4, 0.5) is 0 Å². The highest BCUT2D eigenvalue weighted by atomic mass is 27.1. The summed E-state index contributed by atoms with van der Waals surface area (Å²) >= 11 is 2.09. The molecule has 0 aromatic heterocycles. The van der Waals surface area contributed by atoms with Gasteiger partial charge in [0.25, 0.3) is 0 Å². The SMILES string of the molecule is C=C[CH2][AlH2].CCC[CH2][Al][CH2]CCC.[HH]. The largest absolute Gasteiger partial charge is 0.217 e. The van der Waals surface area contributed by atoms with Crippen molar-refractivity contribution in [3.05, 3.63) is 12.7 Å². The fourth-order valence-corrected chi connectivity index (χ4v) is 2.52. The second-order valence-electron chi connectivity index (χ2n) is 3.27. The van der Waals surface area contributed by atoms with E-state index in [1.54, 1.807) is 0 Å². The topological polar surface area (TPSA) is 0 Å². The standard InChI is InChI=1S/2C4H9.C3H5.2Al.H2.2H/c2*1-3-4-2;1-3-2;;;;;/h2*1,3-4H2,2H3;3H,1-2H2;;;1H;;. The van der Waals surface area contributed by atoms with E-state index in [-0.39, 0.29) is 1.43 Å². The first-order valence-electron chi connectivity index (χ1n) is 5.75. The molecule has 0 atom stereocenters. The lowest BCUT2D eigenvalue weighted by molar-refractivity contribution is 0.851. The van der Waals surface area contributed by atoms with Gasteiger partial charge in [0.15, 0.2) is 15.2 Å². The smallest absolute Gasteiger partial charge is 0.105 e. The molecule has 0 aromatic carbocycles. The van der Waals surface area contributed by atoms with Gasteiger partial charge in [-0.1, -0.05) is 44.8 Å². The number of hydrogen-bond donors (Lipinski definition) is 0. The second-order valence-corrected chi connectivity index (χ2v) is 5.82. The molecule has 0 unspecified atom stereocenters. The fourth-order valence-electron chi connectivity index (χ4n) is 0.841. The Bertz CT molecular complexity index is 81.4. The third-order valence-corrected chi connectivity index (χ3v) is 4.02. The number of unbranched alkanes of at least 4 members (excludes halogenated alkanes) is 2. The second kappa shape index (κ2) is 18.6. The first-order valence-corrected chi connectivity index (χ1v) is 8.80. The first kappa shape index (κ1) is 16.2. The lowest BCUT2D eigenvalue weighted by Crippen LogP contribution is -1.87. The van der Waals surface area contributed by atoms with Crippen LogP contribution < -0.4 is 0 Å². The molecular formula is C11H27Al2. The van der Waals surface area contributed by atoms with E-state index in [0.29, 0.717) is 0 Å². The Kier molecular flexibility index (Phi) is 23.2. The molecule has 0 spiro atoms. The van der Waals surface area contributed by atoms with E-state index in [4.69, 9.17) is 0 Å². The predicted molar refractivity (Wildman–Crippen MR) is 70.8 cm³/mol. The maximum absolute atomic E-state index is 3.51. The Hall–Kier alpha value is 0.805. The van der Waals surface area contributed by atoms with Crippen molar-refractivity contribution in [1.82, 2.24) is 0 Å². The molecule has 1 radical (unpaired) electrons. The minimum absolute atomic E-state index is 0. The van der Waals surface area contributed by atoms with Crippen LogP contribution in [0.1, 0.15) is 41.0 Å². The molecule has 13 heavy (non-hydrogen) atoms. The summed E-state index contributed by atoms with van der Waals surface area (Å²) in [6.45, 7) is 8.07. The van der Waals surface area contributed by atoms with Crippen LogP contribution >= 0.6 is 0 Å². The van der Waals surface area contributed by atoms with Gasteiger partial charge in [0.1, 0.15) is 0 Å². The number of rotatable bonds is 7. The van der Waals surface area contributed by atoms with Crippen LogP contribution in [0.2, 0.25) is 15.8 Å². The summed E-state index contributed by atoms with van der Waals surface area (Å²) in [5.41, 5.74) is 0. The van der Waals surface area contributed by atoms with Gasteiger partial charge in [-0.05, 0) is 0 Å². The summed E-state index contributed by atoms with van der Waals surface area (Å²) in [6.07, 6.45) is 7.66. The Balaban J connectivity index is -0.000000209. The van der Waals surface area contributed by atoms with Gasteiger partial charge in [-0.2, -0.15) is 0 Å². The highest BCUT2D eigenvalue weighted by Crippen LogP contribution is 1.99. The lowest BCUT2D eigenvalue weighted by atomic mass is 10.4. The third kappa shape index (κ3) is 24.5. The van der Waals surface area contributed by atoms with Crippen molar-refractivity contribution >= 4 is 31.5 Å². The highest BCUT2D eigenvalue weighted by molar-refractivity contribution is 6.35. The van der Waals surface area contributed by atoms with Crippen LogP contribution in [-0.2, 0) is 0 Å². The van der Waals surface area contributed by atoms with Crippen LogP contribution in [0, 0.1) is 0 Å². The van der Waals surface area contributed by atoms with Gasteiger partial charge in [0.2, 0.25) is 16.3 Å². The van der Waals surface area contributed by atoms with E-state index in [1.165, 1.54) is 57.8 Å². The molecule has 0 bridgehead atoms. The van der Waals surface area contributed by atoms with E-state index in [2.05, 4.69) is 20.4 Å². The van der Waals surface area contributed by atoms with E-state index in [0.717, 1.165) is 15.2 Å². The highest BCUT2D eigenvalue weighted by Gasteiger charge is 1.89. The molecule has 0 heterocycles. The van der Waals surface area contributed by atoms with E-state index in [9.17, 15) is 0 Å². The Morgan fingerprint density at radius 3 is 1.85 bits per heavy atom. The normalized spacial score (nSPS) is 8.46. The summed E-state index contributed by atoms with van der Waals surface area (Å²) in [6, 6.07) is 0. The van der Waals surface area contributed by atoms with Gasteiger partial charge in [-0.3, -0.25) is 0 Å². The molecule has 2 heteroatoms. The average Bonchev–Trinajstić information content (AvgIpc) is 2.18. The van der Waals surface area contributed by atoms with Crippen molar-refractivity contribution in [3.8, 4) is 0 Å². The third-order valence-electron chi connectivity index (χ3n) is 1.81. The van der Waals surface area contributed by atoms with Crippen molar-refractivity contribution in [2.45, 2.75) is 55.4 Å². The molecular weight excluding hydrogens is 186 g/mol. The number of allylic oxidation sites excluding steroid dienone is 1. The lowest BCUT2D eigenvalue weighted by Gasteiger charge is -1.93. The summed E-state index contributed by atoms with van der Waals surface area (Å²) in [7, 11) is 0. The molecule has 0 amide bonds. The van der Waals surface area contributed by atoms with Crippen LogP contribution in [0.5, 0.6) is 0 Å². The van der Waals surface area contributed by atoms with Crippen molar-refractivity contribution in [1.29, 1.82) is 0 Å². The van der Waals surface area contributed by atoms with Crippen LogP contribution in [0.15, 0.2) is 12.7 Å². The Labute approximate surface area is 101 Å². The maximum atomic E-state index is 3.51. The zero-order chi connectivity index (χ0) is 10.4. The van der Waals surface area contributed by atoms with Gasteiger partial charge in [0, 0.05) is 1.43 Å². The molecule has 0 aromatic rings. The molecule has 0 aliphatic heterocycles. The minimum Gasteiger partial charge on any atom is -0.105 e. The van der Waals surface area contributed by atoms with Gasteiger partial charge in [-0.15, -0.1) is 23.2 Å². The average molecular weight is 213 g/mol. The van der Waals surface area contributed by atoms with Crippen LogP contribution in [0.3, 0.4) is 0 Å². The zero-order valence-corrected chi connectivity index (χ0v) is 13.0. The maximum Gasteiger partial charge on any atom is 0.217 e. The van der Waals surface area contributed by atoms with Crippen molar-refractivity contribution in [3.63, 3.8) is 0 Å².